The lowest BCUT2D eigenvalue weighted by atomic mass is 10.1. The summed E-state index contributed by atoms with van der Waals surface area (Å²) >= 11 is 1.47. The first-order chi connectivity index (χ1) is 8.69. The van der Waals surface area contributed by atoms with E-state index in [1.54, 1.807) is 12.3 Å². The SMILES string of the molecule is CSc1nc(N)cc(NCc2ccncc2C)n1. The van der Waals surface area contributed by atoms with Gasteiger partial charge in [-0.25, -0.2) is 9.97 Å². The van der Waals surface area contributed by atoms with Gasteiger partial charge in [-0.2, -0.15) is 0 Å². The number of hydrogen-bond donors (Lipinski definition) is 2. The third-order valence-corrected chi connectivity index (χ3v) is 3.05. The van der Waals surface area contributed by atoms with Crippen LogP contribution in [-0.4, -0.2) is 21.2 Å². The van der Waals surface area contributed by atoms with E-state index in [1.807, 2.05) is 25.4 Å². The maximum absolute atomic E-state index is 5.72. The summed E-state index contributed by atoms with van der Waals surface area (Å²) in [7, 11) is 0. The number of nitrogens with zero attached hydrogens (tertiary/aromatic N) is 3. The summed E-state index contributed by atoms with van der Waals surface area (Å²) in [5.74, 6) is 1.21. The fourth-order valence-corrected chi connectivity index (χ4v) is 1.90. The molecule has 0 fully saturated rings. The lowest BCUT2D eigenvalue weighted by Crippen LogP contribution is -2.05. The zero-order valence-electron chi connectivity index (χ0n) is 10.3. The van der Waals surface area contributed by atoms with Gasteiger partial charge in [-0.15, -0.1) is 0 Å². The Morgan fingerprint density at radius 1 is 1.39 bits per heavy atom. The van der Waals surface area contributed by atoms with E-state index in [2.05, 4.69) is 20.3 Å². The number of anilines is 2. The van der Waals surface area contributed by atoms with Gasteiger partial charge in [0.05, 0.1) is 0 Å². The Morgan fingerprint density at radius 2 is 2.22 bits per heavy atom. The number of pyridine rings is 1. The van der Waals surface area contributed by atoms with Crippen molar-refractivity contribution in [1.29, 1.82) is 0 Å². The molecule has 0 amide bonds. The Hall–Kier alpha value is -1.82. The molecule has 0 spiro atoms. The highest BCUT2D eigenvalue weighted by molar-refractivity contribution is 7.98. The molecule has 0 unspecified atom stereocenters. The summed E-state index contributed by atoms with van der Waals surface area (Å²) in [5.41, 5.74) is 8.06. The standard InChI is InChI=1S/C12H15N5S/c1-8-6-14-4-3-9(8)7-15-11-5-10(13)16-12(17-11)18-2/h3-6H,7H2,1-2H3,(H3,13,15,16,17). The number of hydrogen-bond acceptors (Lipinski definition) is 6. The third kappa shape index (κ3) is 3.10. The van der Waals surface area contributed by atoms with Gasteiger partial charge < -0.3 is 11.1 Å². The summed E-state index contributed by atoms with van der Waals surface area (Å²) in [6.07, 6.45) is 5.55. The van der Waals surface area contributed by atoms with Crippen LogP contribution in [0.2, 0.25) is 0 Å². The van der Waals surface area contributed by atoms with Crippen LogP contribution in [0.5, 0.6) is 0 Å². The molecule has 0 aliphatic rings. The minimum absolute atomic E-state index is 0.475. The van der Waals surface area contributed by atoms with Crippen LogP contribution < -0.4 is 11.1 Å². The predicted molar refractivity (Wildman–Crippen MR) is 74.5 cm³/mol. The number of aryl methyl sites for hydroxylation is 1. The predicted octanol–water partition coefficient (Wildman–Crippen LogP) is 2.10. The molecule has 2 aromatic heterocycles. The van der Waals surface area contributed by atoms with Gasteiger partial charge in [0.2, 0.25) is 0 Å². The molecule has 0 saturated heterocycles. The van der Waals surface area contributed by atoms with Crippen molar-refractivity contribution >= 4 is 23.4 Å². The van der Waals surface area contributed by atoms with Crippen LogP contribution in [0.1, 0.15) is 11.1 Å². The highest BCUT2D eigenvalue weighted by Gasteiger charge is 2.02. The van der Waals surface area contributed by atoms with Crippen molar-refractivity contribution in [1.82, 2.24) is 15.0 Å². The summed E-state index contributed by atoms with van der Waals surface area (Å²) < 4.78 is 0. The minimum Gasteiger partial charge on any atom is -0.383 e. The fourth-order valence-electron chi connectivity index (χ4n) is 1.51. The molecule has 0 radical (unpaired) electrons. The average Bonchev–Trinajstić information content (AvgIpc) is 2.37. The molecule has 5 nitrogen and oxygen atoms in total. The Morgan fingerprint density at radius 3 is 2.94 bits per heavy atom. The van der Waals surface area contributed by atoms with Crippen LogP contribution in [0.4, 0.5) is 11.6 Å². The molecule has 94 valence electrons. The average molecular weight is 261 g/mol. The summed E-state index contributed by atoms with van der Waals surface area (Å²) in [5, 5.41) is 3.92. The summed E-state index contributed by atoms with van der Waals surface area (Å²) in [4.78, 5) is 12.5. The van der Waals surface area contributed by atoms with Crippen LogP contribution in [0.3, 0.4) is 0 Å². The first kappa shape index (κ1) is 12.6. The van der Waals surface area contributed by atoms with E-state index in [9.17, 15) is 0 Å². The zero-order chi connectivity index (χ0) is 13.0. The normalized spacial score (nSPS) is 10.3. The van der Waals surface area contributed by atoms with E-state index in [0.717, 1.165) is 11.4 Å². The second-order valence-electron chi connectivity index (χ2n) is 3.82. The molecule has 6 heteroatoms. The zero-order valence-corrected chi connectivity index (χ0v) is 11.2. The van der Waals surface area contributed by atoms with E-state index in [0.29, 0.717) is 17.5 Å². The summed E-state index contributed by atoms with van der Waals surface area (Å²) in [6.45, 7) is 2.73. The van der Waals surface area contributed by atoms with Crippen LogP contribution in [0.25, 0.3) is 0 Å². The Labute approximate surface area is 110 Å². The number of nitrogens with two attached hydrogens (primary N) is 1. The van der Waals surface area contributed by atoms with E-state index in [1.165, 1.54) is 17.3 Å². The molecule has 18 heavy (non-hydrogen) atoms. The molecule has 2 heterocycles. The molecule has 0 saturated carbocycles. The van der Waals surface area contributed by atoms with Crippen molar-refractivity contribution in [2.45, 2.75) is 18.6 Å². The van der Waals surface area contributed by atoms with Crippen molar-refractivity contribution < 1.29 is 0 Å². The molecule has 0 atom stereocenters. The molecule has 0 aliphatic carbocycles. The first-order valence-electron chi connectivity index (χ1n) is 5.51. The molecule has 0 aromatic carbocycles. The molecule has 2 rings (SSSR count). The highest BCUT2D eigenvalue weighted by Crippen LogP contribution is 2.16. The second kappa shape index (κ2) is 5.68. The van der Waals surface area contributed by atoms with Crippen LogP contribution in [-0.2, 0) is 6.54 Å². The molecule has 0 bridgehead atoms. The Bertz CT molecular complexity index is 544. The number of rotatable bonds is 4. The van der Waals surface area contributed by atoms with Gasteiger partial charge in [-0.1, -0.05) is 11.8 Å². The molecular formula is C12H15N5S. The van der Waals surface area contributed by atoms with Gasteiger partial charge >= 0.3 is 0 Å². The van der Waals surface area contributed by atoms with E-state index in [4.69, 9.17) is 5.73 Å². The number of nitrogens with one attached hydrogen (secondary N) is 1. The molecule has 0 aliphatic heterocycles. The smallest absolute Gasteiger partial charge is 0.191 e. The first-order valence-corrected chi connectivity index (χ1v) is 6.73. The number of nitrogen functional groups attached to an aromatic ring is 1. The molecule has 2 aromatic rings. The van der Waals surface area contributed by atoms with Crippen molar-refractivity contribution in [3.63, 3.8) is 0 Å². The fraction of sp³-hybridized carbons (Fsp3) is 0.250. The van der Waals surface area contributed by atoms with Crippen LogP contribution in [0.15, 0.2) is 29.7 Å². The maximum atomic E-state index is 5.72. The quantitative estimate of drug-likeness (QED) is 0.648. The maximum Gasteiger partial charge on any atom is 0.191 e. The van der Waals surface area contributed by atoms with Crippen molar-refractivity contribution in [3.8, 4) is 0 Å². The van der Waals surface area contributed by atoms with Crippen molar-refractivity contribution in [2.75, 3.05) is 17.3 Å². The van der Waals surface area contributed by atoms with Crippen molar-refractivity contribution in [3.05, 3.63) is 35.7 Å². The van der Waals surface area contributed by atoms with E-state index < -0.39 is 0 Å². The third-order valence-electron chi connectivity index (χ3n) is 2.50. The second-order valence-corrected chi connectivity index (χ2v) is 4.59. The molecular weight excluding hydrogens is 246 g/mol. The van der Waals surface area contributed by atoms with Crippen LogP contribution >= 0.6 is 11.8 Å². The van der Waals surface area contributed by atoms with Gasteiger partial charge in [0.25, 0.3) is 0 Å². The van der Waals surface area contributed by atoms with Gasteiger partial charge in [-0.05, 0) is 30.4 Å². The Kier molecular flexibility index (Phi) is 3.99. The lowest BCUT2D eigenvalue weighted by Gasteiger charge is -2.09. The summed E-state index contributed by atoms with van der Waals surface area (Å²) in [6, 6.07) is 3.72. The number of aromatic nitrogens is 3. The van der Waals surface area contributed by atoms with Gasteiger partial charge in [0.15, 0.2) is 5.16 Å². The van der Waals surface area contributed by atoms with E-state index in [-0.39, 0.29) is 0 Å². The number of thioether (sulfide) groups is 1. The highest BCUT2D eigenvalue weighted by atomic mass is 32.2. The van der Waals surface area contributed by atoms with Gasteiger partial charge in [0, 0.05) is 25.0 Å². The van der Waals surface area contributed by atoms with Gasteiger partial charge in [0.1, 0.15) is 11.6 Å². The van der Waals surface area contributed by atoms with Gasteiger partial charge in [-0.3, -0.25) is 4.98 Å². The monoisotopic (exact) mass is 261 g/mol. The van der Waals surface area contributed by atoms with E-state index >= 15 is 0 Å². The Balaban J connectivity index is 2.11. The largest absolute Gasteiger partial charge is 0.383 e. The lowest BCUT2D eigenvalue weighted by molar-refractivity contribution is 0.960. The molecule has 3 N–H and O–H groups in total. The van der Waals surface area contributed by atoms with Crippen LogP contribution in [0, 0.1) is 6.92 Å². The van der Waals surface area contributed by atoms with Crippen molar-refractivity contribution in [2.24, 2.45) is 0 Å². The minimum atomic E-state index is 0.475. The topological polar surface area (TPSA) is 76.7 Å².